The van der Waals surface area contributed by atoms with Crippen LogP contribution >= 0.6 is 0 Å². The molecule has 0 spiro atoms. The van der Waals surface area contributed by atoms with Crippen molar-refractivity contribution in [2.24, 2.45) is 5.92 Å². The van der Waals surface area contributed by atoms with Crippen molar-refractivity contribution in [2.75, 3.05) is 18.5 Å². The molecule has 27 heavy (non-hydrogen) atoms. The van der Waals surface area contributed by atoms with E-state index in [9.17, 15) is 4.79 Å². The topological polar surface area (TPSA) is 47.6 Å². The van der Waals surface area contributed by atoms with E-state index in [0.29, 0.717) is 18.3 Å². The number of hydrogen-bond donors (Lipinski definition) is 1. The minimum atomic E-state index is -0.191. The number of benzene rings is 3. The highest BCUT2D eigenvalue weighted by molar-refractivity contribution is 6.02. The molecule has 0 aliphatic heterocycles. The number of carbonyl (C=O) groups excluding carboxylic acids is 1. The van der Waals surface area contributed by atoms with Crippen LogP contribution in [0.3, 0.4) is 0 Å². The predicted octanol–water partition coefficient (Wildman–Crippen LogP) is 5.28. The first-order chi connectivity index (χ1) is 13.1. The highest BCUT2D eigenvalue weighted by atomic mass is 16.5. The van der Waals surface area contributed by atoms with Gasteiger partial charge in [0.05, 0.1) is 6.61 Å². The lowest BCUT2D eigenvalue weighted by Gasteiger charge is -2.11. The van der Waals surface area contributed by atoms with Gasteiger partial charge in [-0.3, -0.25) is 4.79 Å². The molecule has 3 rings (SSSR count). The van der Waals surface area contributed by atoms with E-state index >= 15 is 0 Å². The van der Waals surface area contributed by atoms with Crippen molar-refractivity contribution in [2.45, 2.75) is 20.3 Å². The van der Waals surface area contributed by atoms with Crippen molar-refractivity contribution >= 4 is 22.4 Å². The normalized spacial score (nSPS) is 10.8. The Morgan fingerprint density at radius 1 is 0.889 bits per heavy atom. The van der Waals surface area contributed by atoms with Crippen molar-refractivity contribution in [3.63, 3.8) is 0 Å². The van der Waals surface area contributed by atoms with Gasteiger partial charge in [0.15, 0.2) is 6.61 Å². The van der Waals surface area contributed by atoms with Gasteiger partial charge in [0.2, 0.25) is 0 Å². The van der Waals surface area contributed by atoms with E-state index in [2.05, 4.69) is 19.2 Å². The number of fused-ring (bicyclic) bond motifs is 1. The molecule has 0 aliphatic carbocycles. The maximum atomic E-state index is 12.2. The summed E-state index contributed by atoms with van der Waals surface area (Å²) >= 11 is 0. The second kappa shape index (κ2) is 9.08. The number of anilines is 1. The van der Waals surface area contributed by atoms with Crippen LogP contribution in [0.4, 0.5) is 5.69 Å². The smallest absolute Gasteiger partial charge is 0.262 e. The first-order valence-corrected chi connectivity index (χ1v) is 9.25. The van der Waals surface area contributed by atoms with Gasteiger partial charge in [-0.05, 0) is 48.1 Å². The van der Waals surface area contributed by atoms with Gasteiger partial charge in [-0.15, -0.1) is 0 Å². The summed E-state index contributed by atoms with van der Waals surface area (Å²) in [7, 11) is 0. The molecule has 4 nitrogen and oxygen atoms in total. The largest absolute Gasteiger partial charge is 0.494 e. The van der Waals surface area contributed by atoms with E-state index in [1.165, 1.54) is 0 Å². The molecule has 0 saturated heterocycles. The molecule has 0 aromatic heterocycles. The third-order valence-corrected chi connectivity index (χ3v) is 4.22. The molecule has 0 fully saturated rings. The molecule has 0 radical (unpaired) electrons. The minimum Gasteiger partial charge on any atom is -0.494 e. The van der Waals surface area contributed by atoms with E-state index in [-0.39, 0.29) is 12.5 Å². The summed E-state index contributed by atoms with van der Waals surface area (Å²) in [5.74, 6) is 1.87. The number of carbonyl (C=O) groups is 1. The van der Waals surface area contributed by atoms with Gasteiger partial charge < -0.3 is 14.8 Å². The molecule has 1 amide bonds. The van der Waals surface area contributed by atoms with Gasteiger partial charge in [0.25, 0.3) is 5.91 Å². The summed E-state index contributed by atoms with van der Waals surface area (Å²) in [6, 6.07) is 21.1. The minimum absolute atomic E-state index is 0.0449. The van der Waals surface area contributed by atoms with Crippen molar-refractivity contribution in [3.8, 4) is 11.5 Å². The zero-order valence-corrected chi connectivity index (χ0v) is 15.8. The number of nitrogens with one attached hydrogen (secondary N) is 1. The maximum absolute atomic E-state index is 12.2. The molecule has 0 atom stereocenters. The summed E-state index contributed by atoms with van der Waals surface area (Å²) in [6.45, 7) is 5.00. The number of rotatable bonds is 8. The van der Waals surface area contributed by atoms with Crippen LogP contribution in [0.15, 0.2) is 66.7 Å². The Kier molecular flexibility index (Phi) is 6.31. The average molecular weight is 363 g/mol. The molecule has 3 aromatic rings. The highest BCUT2D eigenvalue weighted by Crippen LogP contribution is 2.23. The first-order valence-electron chi connectivity index (χ1n) is 9.25. The van der Waals surface area contributed by atoms with Gasteiger partial charge in [0.1, 0.15) is 11.5 Å². The third-order valence-electron chi connectivity index (χ3n) is 4.22. The second-order valence-corrected chi connectivity index (χ2v) is 6.87. The summed E-state index contributed by atoms with van der Waals surface area (Å²) in [4.78, 5) is 12.2. The van der Waals surface area contributed by atoms with E-state index in [1.807, 2.05) is 66.7 Å². The first kappa shape index (κ1) is 18.8. The molecule has 0 aliphatic rings. The lowest BCUT2D eigenvalue weighted by molar-refractivity contribution is -0.118. The zero-order valence-electron chi connectivity index (χ0n) is 15.8. The molecule has 140 valence electrons. The zero-order chi connectivity index (χ0) is 19.1. The number of amides is 1. The van der Waals surface area contributed by atoms with Crippen LogP contribution in [-0.4, -0.2) is 19.1 Å². The Hall–Kier alpha value is -3.01. The van der Waals surface area contributed by atoms with E-state index in [0.717, 1.165) is 28.6 Å². The van der Waals surface area contributed by atoms with Gasteiger partial charge in [0, 0.05) is 11.1 Å². The highest BCUT2D eigenvalue weighted by Gasteiger charge is 2.07. The monoisotopic (exact) mass is 363 g/mol. The maximum Gasteiger partial charge on any atom is 0.262 e. The van der Waals surface area contributed by atoms with Crippen molar-refractivity contribution in [3.05, 3.63) is 66.7 Å². The predicted molar refractivity (Wildman–Crippen MR) is 109 cm³/mol. The van der Waals surface area contributed by atoms with E-state index in [1.54, 1.807) is 0 Å². The van der Waals surface area contributed by atoms with E-state index in [4.69, 9.17) is 9.47 Å². The molecular weight excluding hydrogens is 338 g/mol. The van der Waals surface area contributed by atoms with Crippen molar-refractivity contribution in [1.29, 1.82) is 0 Å². The van der Waals surface area contributed by atoms with Gasteiger partial charge in [-0.1, -0.05) is 50.2 Å². The van der Waals surface area contributed by atoms with Gasteiger partial charge in [-0.25, -0.2) is 0 Å². The van der Waals surface area contributed by atoms with E-state index < -0.39 is 0 Å². The van der Waals surface area contributed by atoms with Crippen LogP contribution in [-0.2, 0) is 4.79 Å². The Balaban J connectivity index is 1.51. The fraction of sp³-hybridized carbons (Fsp3) is 0.261. The molecule has 0 bridgehead atoms. The molecule has 1 N–H and O–H groups in total. The van der Waals surface area contributed by atoms with Crippen LogP contribution in [0.25, 0.3) is 10.8 Å². The molecule has 3 aromatic carbocycles. The number of ether oxygens (including phenoxy) is 2. The standard InChI is InChI=1S/C23H25NO3/c1-17(2)14-15-26-19-10-12-20(13-11-19)27-16-23(25)24-22-9-5-7-18-6-3-4-8-21(18)22/h3-13,17H,14-16H2,1-2H3,(H,24,25). The quantitative estimate of drug-likeness (QED) is 0.592. The van der Waals surface area contributed by atoms with Crippen molar-refractivity contribution < 1.29 is 14.3 Å². The van der Waals surface area contributed by atoms with Crippen LogP contribution in [0.1, 0.15) is 20.3 Å². The Morgan fingerprint density at radius 3 is 2.30 bits per heavy atom. The third kappa shape index (κ3) is 5.48. The van der Waals surface area contributed by atoms with Gasteiger partial charge >= 0.3 is 0 Å². The summed E-state index contributed by atoms with van der Waals surface area (Å²) in [5, 5.41) is 5.01. The molecule has 0 heterocycles. The summed E-state index contributed by atoms with van der Waals surface area (Å²) in [6.07, 6.45) is 1.02. The lowest BCUT2D eigenvalue weighted by Crippen LogP contribution is -2.20. The van der Waals surface area contributed by atoms with Gasteiger partial charge in [-0.2, -0.15) is 0 Å². The molecular formula is C23H25NO3. The van der Waals surface area contributed by atoms with Crippen LogP contribution in [0, 0.1) is 5.92 Å². The lowest BCUT2D eigenvalue weighted by atomic mass is 10.1. The van der Waals surface area contributed by atoms with Crippen LogP contribution in [0.2, 0.25) is 0 Å². The summed E-state index contributed by atoms with van der Waals surface area (Å²) < 4.78 is 11.3. The van der Waals surface area contributed by atoms with Crippen LogP contribution < -0.4 is 14.8 Å². The second-order valence-electron chi connectivity index (χ2n) is 6.87. The Labute approximate surface area is 160 Å². The summed E-state index contributed by atoms with van der Waals surface area (Å²) in [5.41, 5.74) is 0.788. The van der Waals surface area contributed by atoms with Crippen molar-refractivity contribution in [1.82, 2.24) is 0 Å². The molecule has 0 unspecified atom stereocenters. The molecule has 4 heteroatoms. The SMILES string of the molecule is CC(C)CCOc1ccc(OCC(=O)Nc2cccc3ccccc23)cc1. The fourth-order valence-corrected chi connectivity index (χ4v) is 2.71. The number of hydrogen-bond acceptors (Lipinski definition) is 3. The molecule has 0 saturated carbocycles. The average Bonchev–Trinajstić information content (AvgIpc) is 2.67. The van der Waals surface area contributed by atoms with Crippen LogP contribution in [0.5, 0.6) is 11.5 Å². The Morgan fingerprint density at radius 2 is 1.56 bits per heavy atom. The fourth-order valence-electron chi connectivity index (χ4n) is 2.71. The Bertz CT molecular complexity index is 882.